The normalized spacial score (nSPS) is 13.0. The van der Waals surface area contributed by atoms with Crippen molar-refractivity contribution in [1.29, 1.82) is 5.26 Å². The molecule has 8 heteroatoms. The van der Waals surface area contributed by atoms with E-state index < -0.39 is 41.1 Å². The summed E-state index contributed by atoms with van der Waals surface area (Å²) in [5.41, 5.74) is -0.102. The molecule has 0 fully saturated rings. The van der Waals surface area contributed by atoms with Crippen molar-refractivity contribution in [2.45, 2.75) is 32.5 Å². The number of amides is 1. The molecule has 0 aliphatic carbocycles. The van der Waals surface area contributed by atoms with Crippen molar-refractivity contribution < 1.29 is 22.7 Å². The molecule has 2 unspecified atom stereocenters. The van der Waals surface area contributed by atoms with Gasteiger partial charge >= 0.3 is 0 Å². The minimum Gasteiger partial charge on any atom is -0.355 e. The highest BCUT2D eigenvalue weighted by Gasteiger charge is 2.30. The molecule has 2 rings (SSSR count). The van der Waals surface area contributed by atoms with Crippen LogP contribution in [0.25, 0.3) is 0 Å². The number of halogens is 4. The van der Waals surface area contributed by atoms with Crippen LogP contribution in [0.15, 0.2) is 40.9 Å². The summed E-state index contributed by atoms with van der Waals surface area (Å²) in [4.78, 5) is 12.5. The van der Waals surface area contributed by atoms with Crippen LogP contribution in [0, 0.1) is 34.7 Å². The van der Waals surface area contributed by atoms with Gasteiger partial charge in [-0.2, -0.15) is 5.26 Å². The summed E-state index contributed by atoms with van der Waals surface area (Å²) in [5.74, 6) is -3.82. The van der Waals surface area contributed by atoms with E-state index in [0.717, 1.165) is 4.47 Å². The zero-order chi connectivity index (χ0) is 21.6. The molecule has 2 atom stereocenters. The third kappa shape index (κ3) is 6.31. The van der Waals surface area contributed by atoms with E-state index in [2.05, 4.69) is 21.2 Å². The summed E-state index contributed by atoms with van der Waals surface area (Å²) in [7, 11) is 0. The molecule has 0 bridgehead atoms. The lowest BCUT2D eigenvalue weighted by molar-refractivity contribution is -0.136. The third-order valence-electron chi connectivity index (χ3n) is 4.10. The van der Waals surface area contributed by atoms with E-state index in [1.165, 1.54) is 0 Å². The molecule has 4 nitrogen and oxygen atoms in total. The fourth-order valence-corrected chi connectivity index (χ4v) is 3.08. The van der Waals surface area contributed by atoms with Gasteiger partial charge in [-0.05, 0) is 30.0 Å². The predicted molar refractivity (Wildman–Crippen MR) is 105 cm³/mol. The van der Waals surface area contributed by atoms with Crippen LogP contribution in [0.1, 0.15) is 37.5 Å². The number of carbonyl (C=O) groups excluding carboxylic acids is 1. The summed E-state index contributed by atoms with van der Waals surface area (Å²) in [6.07, 6.45) is -2.10. The highest BCUT2D eigenvalue weighted by molar-refractivity contribution is 9.10. The number of ether oxygens (including phenoxy) is 1. The maximum Gasteiger partial charge on any atom is 0.250 e. The summed E-state index contributed by atoms with van der Waals surface area (Å²) in [6.45, 7) is 3.50. The largest absolute Gasteiger partial charge is 0.355 e. The Bertz CT molecular complexity index is 875. The fourth-order valence-electron chi connectivity index (χ4n) is 2.81. The molecule has 154 valence electrons. The Hall–Kier alpha value is -2.37. The molecule has 0 saturated heterocycles. The minimum absolute atomic E-state index is 0.0290. The maximum absolute atomic E-state index is 14.5. The number of nitrogens with zero attached hydrogens (tertiary/aromatic N) is 1. The number of carbonyl (C=O) groups is 1. The molecule has 1 N–H and O–H groups in total. The van der Waals surface area contributed by atoms with E-state index in [9.17, 15) is 18.0 Å². The van der Waals surface area contributed by atoms with Crippen LogP contribution in [0.2, 0.25) is 0 Å². The molecule has 2 aromatic carbocycles. The Morgan fingerprint density at radius 1 is 1.17 bits per heavy atom. The average molecular weight is 469 g/mol. The average Bonchev–Trinajstić information content (AvgIpc) is 2.64. The molecular formula is C21H20BrF3N2O2. The number of rotatable bonds is 8. The van der Waals surface area contributed by atoms with Crippen LogP contribution in [-0.4, -0.2) is 18.6 Å². The van der Waals surface area contributed by atoms with Crippen molar-refractivity contribution in [3.63, 3.8) is 0 Å². The summed E-state index contributed by atoms with van der Waals surface area (Å²) in [5, 5.41) is 11.1. The van der Waals surface area contributed by atoms with Gasteiger partial charge in [0.1, 0.15) is 36.2 Å². The number of nitriles is 1. The first-order valence-electron chi connectivity index (χ1n) is 8.93. The predicted octanol–water partition coefficient (Wildman–Crippen LogP) is 5.03. The Morgan fingerprint density at radius 3 is 2.28 bits per heavy atom. The van der Waals surface area contributed by atoms with Crippen LogP contribution in [0.4, 0.5) is 13.2 Å². The van der Waals surface area contributed by atoms with Gasteiger partial charge in [0.2, 0.25) is 5.91 Å². The SMILES string of the molecule is CC(C)CC(OC(c1ccc(Br)cc1)c1c(F)cc(F)cc1F)C(=O)NCC#N. The van der Waals surface area contributed by atoms with Crippen LogP contribution in [0.3, 0.4) is 0 Å². The van der Waals surface area contributed by atoms with Crippen LogP contribution in [0.5, 0.6) is 0 Å². The van der Waals surface area contributed by atoms with Crippen molar-refractivity contribution in [2.75, 3.05) is 6.54 Å². The highest BCUT2D eigenvalue weighted by atomic mass is 79.9. The van der Waals surface area contributed by atoms with Gasteiger partial charge in [0.15, 0.2) is 0 Å². The zero-order valence-electron chi connectivity index (χ0n) is 15.9. The molecule has 29 heavy (non-hydrogen) atoms. The van der Waals surface area contributed by atoms with Crippen molar-refractivity contribution >= 4 is 21.8 Å². The van der Waals surface area contributed by atoms with Crippen LogP contribution < -0.4 is 5.32 Å². The van der Waals surface area contributed by atoms with Crippen molar-refractivity contribution in [3.05, 3.63) is 69.4 Å². The topological polar surface area (TPSA) is 62.1 Å². The molecule has 0 spiro atoms. The van der Waals surface area contributed by atoms with Crippen LogP contribution in [-0.2, 0) is 9.53 Å². The number of hydrogen-bond donors (Lipinski definition) is 1. The number of hydrogen-bond acceptors (Lipinski definition) is 3. The molecule has 2 aromatic rings. The molecule has 0 radical (unpaired) electrons. The number of nitrogens with one attached hydrogen (secondary N) is 1. The molecule has 1 amide bonds. The molecule has 0 aliphatic rings. The quantitative estimate of drug-likeness (QED) is 0.552. The van der Waals surface area contributed by atoms with E-state index in [4.69, 9.17) is 10.00 Å². The van der Waals surface area contributed by atoms with E-state index in [1.807, 2.05) is 13.8 Å². The van der Waals surface area contributed by atoms with E-state index >= 15 is 0 Å². The second-order valence-electron chi connectivity index (χ2n) is 6.84. The monoisotopic (exact) mass is 468 g/mol. The van der Waals surface area contributed by atoms with Gasteiger partial charge in [-0.3, -0.25) is 4.79 Å². The van der Waals surface area contributed by atoms with E-state index in [1.54, 1.807) is 30.3 Å². The highest BCUT2D eigenvalue weighted by Crippen LogP contribution is 2.33. The molecule has 0 saturated carbocycles. The second-order valence-corrected chi connectivity index (χ2v) is 7.76. The Morgan fingerprint density at radius 2 is 1.76 bits per heavy atom. The standard InChI is InChI=1S/C21H20BrF3N2O2/c1-12(2)9-18(21(28)27-8-7-26)29-20(13-3-5-14(22)6-4-13)19-16(24)10-15(23)11-17(19)25/h3-6,10-12,18,20H,8-9H2,1-2H3,(H,27,28). The van der Waals surface area contributed by atoms with Gasteiger partial charge in [0.25, 0.3) is 0 Å². The fraction of sp³-hybridized carbons (Fsp3) is 0.333. The van der Waals surface area contributed by atoms with Gasteiger partial charge in [0.05, 0.1) is 11.6 Å². The molecule has 0 aliphatic heterocycles. The Balaban J connectivity index is 2.50. The lowest BCUT2D eigenvalue weighted by Crippen LogP contribution is -2.38. The number of benzene rings is 2. The molecule has 0 aromatic heterocycles. The van der Waals surface area contributed by atoms with Crippen molar-refractivity contribution in [3.8, 4) is 6.07 Å². The summed E-state index contributed by atoms with van der Waals surface area (Å²) >= 11 is 3.29. The lowest BCUT2D eigenvalue weighted by Gasteiger charge is -2.26. The molecular weight excluding hydrogens is 449 g/mol. The summed E-state index contributed by atoms with van der Waals surface area (Å²) in [6, 6.07) is 9.46. The van der Waals surface area contributed by atoms with Gasteiger partial charge in [-0.1, -0.05) is 41.9 Å². The second kappa shape index (κ2) is 10.4. The molecule has 0 heterocycles. The van der Waals surface area contributed by atoms with Gasteiger partial charge in [0, 0.05) is 16.6 Å². The Kier molecular flexibility index (Phi) is 8.23. The Labute approximate surface area is 175 Å². The third-order valence-corrected chi connectivity index (χ3v) is 4.63. The first-order valence-corrected chi connectivity index (χ1v) is 9.72. The zero-order valence-corrected chi connectivity index (χ0v) is 17.5. The van der Waals surface area contributed by atoms with Crippen molar-refractivity contribution in [1.82, 2.24) is 5.32 Å². The van der Waals surface area contributed by atoms with Gasteiger partial charge < -0.3 is 10.1 Å². The van der Waals surface area contributed by atoms with E-state index in [0.29, 0.717) is 17.7 Å². The van der Waals surface area contributed by atoms with Crippen molar-refractivity contribution in [2.24, 2.45) is 5.92 Å². The summed E-state index contributed by atoms with van der Waals surface area (Å²) < 4.78 is 49.1. The first-order chi connectivity index (χ1) is 13.7. The smallest absolute Gasteiger partial charge is 0.250 e. The minimum atomic E-state index is -1.29. The van der Waals surface area contributed by atoms with Crippen LogP contribution >= 0.6 is 15.9 Å². The van der Waals surface area contributed by atoms with E-state index in [-0.39, 0.29) is 18.9 Å². The first kappa shape index (κ1) is 22.9. The maximum atomic E-state index is 14.5. The van der Waals surface area contributed by atoms with Gasteiger partial charge in [-0.25, -0.2) is 13.2 Å². The lowest BCUT2D eigenvalue weighted by atomic mass is 9.98. The van der Waals surface area contributed by atoms with Gasteiger partial charge in [-0.15, -0.1) is 0 Å².